The van der Waals surface area contributed by atoms with Crippen LogP contribution in [0.4, 0.5) is 11.4 Å². The van der Waals surface area contributed by atoms with E-state index in [1.165, 1.54) is 45.9 Å². The number of likely N-dealkylation sites (N-methyl/N-ethyl adjacent to an activating group) is 1. The second-order valence-corrected chi connectivity index (χ2v) is 25.9. The van der Waals surface area contributed by atoms with Gasteiger partial charge < -0.3 is 53.7 Å². The Morgan fingerprint density at radius 1 is 0.750 bits per heavy atom. The van der Waals surface area contributed by atoms with Crippen molar-refractivity contribution in [1.29, 1.82) is 0 Å². The Hall–Kier alpha value is -7.78. The highest BCUT2D eigenvalue weighted by atomic mass is 16.6. The number of piperidine rings is 1. The number of nitrogens with one attached hydrogen (secondary N) is 2. The number of hydrogen-bond acceptors (Lipinski definition) is 16. The Morgan fingerprint density at radius 2 is 1.45 bits per heavy atom. The van der Waals surface area contributed by atoms with Crippen LogP contribution in [0.1, 0.15) is 136 Å². The third kappa shape index (κ3) is 13.3. The number of amides is 9. The molecule has 23 nitrogen and oxygen atoms in total. The fourth-order valence-electron chi connectivity index (χ4n) is 15.8. The van der Waals surface area contributed by atoms with E-state index >= 15 is 0 Å². The van der Waals surface area contributed by atoms with Crippen molar-refractivity contribution in [3.63, 3.8) is 0 Å². The Bertz CT molecular complexity index is 3390. The molecule has 0 radical (unpaired) electrons. The SMILES string of the molecule is CC#C[C@]12CCC3[C@@H]4CCC5=CC(=O)CCC5=C4[C@@H](c4ccc(N(C)CCCC(=O)N5CCN(C(C)=O)CC5C(=O)N5CCN(C(C)=O)CC5C(=O)N(C)CCCOCCOCCOCCCNc5cccc6c5C(=O)N(C5CCC(=O)NC5=O)C6=O)cc4)C[C@@]31O2. The van der Waals surface area contributed by atoms with Gasteiger partial charge in [0.05, 0.1) is 50.6 Å². The monoisotopic (exact) mass is 1270 g/mol. The third-order valence-corrected chi connectivity index (χ3v) is 20.5. The van der Waals surface area contributed by atoms with Crippen LogP contribution in [0.2, 0.25) is 0 Å². The summed E-state index contributed by atoms with van der Waals surface area (Å²) in [5.41, 5.74) is 6.65. The summed E-state index contributed by atoms with van der Waals surface area (Å²) in [6.07, 6.45) is 10.0. The van der Waals surface area contributed by atoms with Crippen LogP contribution in [-0.2, 0) is 57.3 Å². The van der Waals surface area contributed by atoms with Gasteiger partial charge in [0.1, 0.15) is 23.7 Å². The first kappa shape index (κ1) is 65.7. The molecule has 0 aromatic heterocycles. The van der Waals surface area contributed by atoms with E-state index < -0.39 is 47.7 Å². The van der Waals surface area contributed by atoms with Gasteiger partial charge in [0, 0.05) is 124 Å². The zero-order valence-electron chi connectivity index (χ0n) is 53.7. The van der Waals surface area contributed by atoms with Crippen LogP contribution in [0.15, 0.2) is 65.3 Å². The number of carbonyl (C=O) groups excluding carboxylic acids is 10. The second kappa shape index (κ2) is 28.2. The van der Waals surface area contributed by atoms with Crippen molar-refractivity contribution in [2.45, 2.75) is 139 Å². The van der Waals surface area contributed by atoms with Gasteiger partial charge in [0.15, 0.2) is 11.4 Å². The minimum absolute atomic E-state index is 0.0103. The number of epoxide rings is 1. The summed E-state index contributed by atoms with van der Waals surface area (Å²) in [7, 11) is 3.66. The van der Waals surface area contributed by atoms with Gasteiger partial charge in [0.2, 0.25) is 41.4 Å². The van der Waals surface area contributed by atoms with Gasteiger partial charge in [-0.25, -0.2) is 0 Å². The zero-order valence-corrected chi connectivity index (χ0v) is 53.7. The van der Waals surface area contributed by atoms with Gasteiger partial charge in [-0.1, -0.05) is 29.7 Å². The van der Waals surface area contributed by atoms with Crippen molar-refractivity contribution in [1.82, 2.24) is 34.7 Å². The summed E-state index contributed by atoms with van der Waals surface area (Å²) in [6.45, 7) is 8.83. The quantitative estimate of drug-likeness (QED) is 0.0645. The standard InChI is InChI=1S/C69H87N9O14/c1-6-25-68-26-24-54-51-20-16-47-40-49(81)19-21-50(47)61(51)53(41-69(54,68)92-68)46-14-17-48(18-15-46)72(4)28-8-13-60(83)76-32-30-74(44(2)79)43-58(76)66(87)77-33-31-75(45(3)80)42-57(77)65(86)73(5)29-10-35-90-37-39-91-38-36-89-34-9-27-70-55-12-7-11-52-62(55)67(88)78(64(52)85)56-22-23-59(82)71-63(56)84/h7,11-12,14-15,17-18,40,51,53-54,56-58,70H,8-10,13,16,19-24,26-39,41-43H2,1-5H3,(H,71,82,84)/t51-,53+,54?,56?,57?,58?,68-,69+/m0/s1. The highest BCUT2D eigenvalue weighted by Crippen LogP contribution is 2.73. The number of ketones is 1. The number of rotatable bonds is 24. The maximum absolute atomic E-state index is 14.9. The molecule has 1 spiro atoms. The Balaban J connectivity index is 0.616. The van der Waals surface area contributed by atoms with Crippen molar-refractivity contribution in [2.75, 3.05) is 123 Å². The molecule has 2 aromatic rings. The molecule has 4 unspecified atom stereocenters. The molecule has 9 aliphatic rings. The molecule has 23 heteroatoms. The summed E-state index contributed by atoms with van der Waals surface area (Å²) < 4.78 is 24.0. The lowest BCUT2D eigenvalue weighted by atomic mass is 9.57. The van der Waals surface area contributed by atoms with E-state index in [2.05, 4.69) is 51.6 Å². The van der Waals surface area contributed by atoms with Crippen molar-refractivity contribution in [2.24, 2.45) is 11.8 Å². The number of hydrogen-bond donors (Lipinski definition) is 2. The number of piperazine rings is 2. The van der Waals surface area contributed by atoms with E-state index in [0.29, 0.717) is 102 Å². The van der Waals surface area contributed by atoms with Gasteiger partial charge in [0.25, 0.3) is 11.8 Å². The minimum Gasteiger partial charge on any atom is -0.384 e. The average Bonchev–Trinajstić information content (AvgIpc) is 1.49. The smallest absolute Gasteiger partial charge is 0.264 e. The van der Waals surface area contributed by atoms with Crippen molar-refractivity contribution in [3.05, 3.63) is 82.0 Å². The van der Waals surface area contributed by atoms with E-state index in [1.807, 2.05) is 20.0 Å². The van der Waals surface area contributed by atoms with Crippen LogP contribution in [0.3, 0.4) is 0 Å². The molecule has 11 rings (SSSR count). The summed E-state index contributed by atoms with van der Waals surface area (Å²) in [5, 5.41) is 5.41. The van der Waals surface area contributed by atoms with Gasteiger partial charge >= 0.3 is 0 Å². The fourth-order valence-corrected chi connectivity index (χ4v) is 15.8. The van der Waals surface area contributed by atoms with Crippen LogP contribution in [-0.4, -0.2) is 230 Å². The highest BCUT2D eigenvalue weighted by Gasteiger charge is 2.79. The van der Waals surface area contributed by atoms with Gasteiger partial charge in [-0.2, -0.15) is 0 Å². The summed E-state index contributed by atoms with van der Waals surface area (Å²) in [6, 6.07) is 10.6. The topological polar surface area (TPSA) is 258 Å². The first-order chi connectivity index (χ1) is 44.3. The maximum atomic E-state index is 14.9. The molecule has 4 saturated heterocycles. The van der Waals surface area contributed by atoms with E-state index in [4.69, 9.17) is 18.9 Å². The van der Waals surface area contributed by atoms with Crippen LogP contribution < -0.4 is 15.5 Å². The van der Waals surface area contributed by atoms with Gasteiger partial charge in [-0.3, -0.25) is 58.2 Å². The summed E-state index contributed by atoms with van der Waals surface area (Å²) in [5.74, 6) is 4.22. The molecule has 4 aliphatic carbocycles. The minimum atomic E-state index is -1.04. The molecule has 2 saturated carbocycles. The molecular weight excluding hydrogens is 1180 g/mol. The molecule has 5 aliphatic heterocycles. The number of carbonyl (C=O) groups is 10. The molecule has 6 fully saturated rings. The number of allylic oxidation sites excluding steroid dienone is 4. The van der Waals surface area contributed by atoms with Crippen molar-refractivity contribution < 1.29 is 66.9 Å². The number of anilines is 2. The number of ether oxygens (including phenoxy) is 4. The molecule has 5 heterocycles. The van der Waals surface area contributed by atoms with Crippen LogP contribution >= 0.6 is 0 Å². The molecule has 8 atom stereocenters. The Kier molecular flexibility index (Phi) is 20.1. The predicted molar refractivity (Wildman–Crippen MR) is 338 cm³/mol. The summed E-state index contributed by atoms with van der Waals surface area (Å²) in [4.78, 5) is 143. The van der Waals surface area contributed by atoms with Crippen LogP contribution in [0.5, 0.6) is 0 Å². The molecule has 492 valence electrons. The lowest BCUT2D eigenvalue weighted by Gasteiger charge is -2.46. The highest BCUT2D eigenvalue weighted by molar-refractivity contribution is 6.25. The van der Waals surface area contributed by atoms with Gasteiger partial charge in [-0.15, -0.1) is 5.92 Å². The molecule has 92 heavy (non-hydrogen) atoms. The number of benzene rings is 2. The first-order valence-corrected chi connectivity index (χ1v) is 32.9. The fraction of sp³-hybridized carbons (Fsp3) is 0.594. The Morgan fingerprint density at radius 3 is 2.15 bits per heavy atom. The van der Waals surface area contributed by atoms with Crippen LogP contribution in [0.25, 0.3) is 0 Å². The molecule has 2 aromatic carbocycles. The molecular formula is C69H87N9O14. The van der Waals surface area contributed by atoms with Gasteiger partial charge in [-0.05, 0) is 130 Å². The average molecular weight is 1270 g/mol. The normalized spacial score (nSPS) is 26.4. The number of imide groups is 2. The van der Waals surface area contributed by atoms with E-state index in [-0.39, 0.29) is 116 Å². The third-order valence-electron chi connectivity index (χ3n) is 20.5. The maximum Gasteiger partial charge on any atom is 0.264 e. The molecule has 0 bridgehead atoms. The predicted octanol–water partition coefficient (Wildman–Crippen LogP) is 4.25. The first-order valence-electron chi connectivity index (χ1n) is 32.9. The zero-order chi connectivity index (χ0) is 65.0. The lowest BCUT2D eigenvalue weighted by molar-refractivity contribution is -0.160. The largest absolute Gasteiger partial charge is 0.384 e. The number of fused-ring (bicyclic) bond motifs is 4. The molecule has 9 amide bonds. The lowest BCUT2D eigenvalue weighted by Crippen LogP contribution is -2.67. The van der Waals surface area contributed by atoms with E-state index in [9.17, 15) is 47.9 Å². The Labute approximate surface area is 537 Å². The second-order valence-electron chi connectivity index (χ2n) is 25.9. The van der Waals surface area contributed by atoms with E-state index in [0.717, 1.165) is 49.1 Å². The van der Waals surface area contributed by atoms with E-state index in [1.54, 1.807) is 39.9 Å². The number of nitrogens with zero attached hydrogens (tertiary/aromatic N) is 7. The van der Waals surface area contributed by atoms with Crippen LogP contribution in [0, 0.1) is 23.7 Å². The molecule has 2 N–H and O–H groups in total. The van der Waals surface area contributed by atoms with Crippen molar-refractivity contribution in [3.8, 4) is 11.8 Å². The van der Waals surface area contributed by atoms with Crippen molar-refractivity contribution >= 4 is 70.3 Å². The summed E-state index contributed by atoms with van der Waals surface area (Å²) >= 11 is 0.